The average Bonchev–Trinajstić information content (AvgIpc) is 3.24. The lowest BCUT2D eigenvalue weighted by molar-refractivity contribution is 0.869. The van der Waals surface area contributed by atoms with Gasteiger partial charge in [0.1, 0.15) is 11.7 Å². The van der Waals surface area contributed by atoms with Crippen LogP contribution in [0.2, 0.25) is 0 Å². The third-order valence-electron chi connectivity index (χ3n) is 5.00. The van der Waals surface area contributed by atoms with Crippen molar-refractivity contribution in [2.24, 2.45) is 10.9 Å². The summed E-state index contributed by atoms with van der Waals surface area (Å²) in [6.45, 7) is 1.53. The number of H-pyrrole nitrogens is 1. The van der Waals surface area contributed by atoms with Gasteiger partial charge in [-0.05, 0) is 54.2 Å². The van der Waals surface area contributed by atoms with Crippen LogP contribution in [0, 0.1) is 5.92 Å². The minimum Gasteiger partial charge on any atom is -0.345 e. The van der Waals surface area contributed by atoms with Gasteiger partial charge in [0.05, 0.1) is 23.9 Å². The van der Waals surface area contributed by atoms with Crippen molar-refractivity contribution in [1.82, 2.24) is 19.9 Å². The quantitative estimate of drug-likeness (QED) is 0.731. The van der Waals surface area contributed by atoms with E-state index in [0.29, 0.717) is 12.5 Å². The molecule has 0 saturated heterocycles. The van der Waals surface area contributed by atoms with Gasteiger partial charge < -0.3 is 15.2 Å². The van der Waals surface area contributed by atoms with E-state index in [-0.39, 0.29) is 0 Å². The minimum atomic E-state index is 0.676. The number of hydrogen-bond donors (Lipinski definition) is 2. The maximum Gasteiger partial charge on any atom is 0.227 e. The molecule has 27 heavy (non-hydrogen) atoms. The lowest BCUT2D eigenvalue weighted by atomic mass is 10.2. The molecule has 136 valence electrons. The van der Waals surface area contributed by atoms with Gasteiger partial charge in [-0.1, -0.05) is 6.07 Å². The Kier molecular flexibility index (Phi) is 3.85. The van der Waals surface area contributed by atoms with Gasteiger partial charge in [-0.25, -0.2) is 9.97 Å². The smallest absolute Gasteiger partial charge is 0.227 e. The topological polar surface area (TPSA) is 82.1 Å². The molecule has 2 aromatic heterocycles. The number of fused-ring (bicyclic) bond motifs is 1. The highest BCUT2D eigenvalue weighted by Gasteiger charge is 2.27. The van der Waals surface area contributed by atoms with E-state index >= 15 is 0 Å². The van der Waals surface area contributed by atoms with Crippen LogP contribution in [-0.2, 0) is 6.54 Å². The number of amidine groups is 1. The molecule has 0 bridgehead atoms. The van der Waals surface area contributed by atoms with Crippen LogP contribution in [0.25, 0.3) is 11.0 Å². The highest BCUT2D eigenvalue weighted by molar-refractivity contribution is 6.05. The number of anilines is 2. The fraction of sp³-hybridized carbons (Fsp3) is 0.300. The van der Waals surface area contributed by atoms with E-state index in [1.807, 2.05) is 24.1 Å². The number of aliphatic imine (C=N–C) groups is 1. The number of nitrogens with zero attached hydrogens (tertiary/aromatic N) is 5. The standard InChI is InChI=1S/C20H21N7/c1-27(11-13-2-5-16-17(8-13)24-12-23-16)20-21-7-6-18(26-20)25-19-9-15(10-22-19)14-3-4-14/h2,5-9,12,14H,3-4,10-11H2,1H3,(H,23,24)(H,21,22,25,26). The first-order valence-electron chi connectivity index (χ1n) is 9.23. The molecule has 1 saturated carbocycles. The summed E-state index contributed by atoms with van der Waals surface area (Å²) in [7, 11) is 1.99. The number of hydrogen-bond acceptors (Lipinski definition) is 6. The fourth-order valence-electron chi connectivity index (χ4n) is 3.38. The number of nitrogens with one attached hydrogen (secondary N) is 2. The van der Waals surface area contributed by atoms with Gasteiger partial charge in [-0.2, -0.15) is 4.98 Å². The van der Waals surface area contributed by atoms with Gasteiger partial charge in [0.15, 0.2) is 0 Å². The first kappa shape index (κ1) is 16.0. The molecule has 1 aliphatic carbocycles. The largest absolute Gasteiger partial charge is 0.345 e. The molecule has 0 atom stereocenters. The van der Waals surface area contributed by atoms with E-state index in [0.717, 1.165) is 35.1 Å². The van der Waals surface area contributed by atoms with Crippen LogP contribution in [0.15, 0.2) is 53.4 Å². The molecular formula is C20H21N7. The van der Waals surface area contributed by atoms with E-state index in [2.05, 4.69) is 48.5 Å². The van der Waals surface area contributed by atoms with Gasteiger partial charge in [0.25, 0.3) is 0 Å². The summed E-state index contributed by atoms with van der Waals surface area (Å²) in [4.78, 5) is 23.1. The Hall–Kier alpha value is -3.22. The summed E-state index contributed by atoms with van der Waals surface area (Å²) in [6.07, 6.45) is 8.27. The summed E-state index contributed by atoms with van der Waals surface area (Å²) in [5.74, 6) is 3.10. The second-order valence-electron chi connectivity index (χ2n) is 7.17. The summed E-state index contributed by atoms with van der Waals surface area (Å²) < 4.78 is 0. The van der Waals surface area contributed by atoms with Crippen LogP contribution >= 0.6 is 0 Å². The Morgan fingerprint density at radius 1 is 1.22 bits per heavy atom. The normalized spacial score (nSPS) is 16.3. The Labute approximate surface area is 157 Å². The Balaban J connectivity index is 1.29. The molecule has 2 N–H and O–H groups in total. The monoisotopic (exact) mass is 359 g/mol. The molecule has 1 aromatic carbocycles. The van der Waals surface area contributed by atoms with E-state index in [1.165, 1.54) is 24.0 Å². The molecule has 7 nitrogen and oxygen atoms in total. The molecule has 3 aromatic rings. The number of benzene rings is 1. The SMILES string of the molecule is CN(Cc1ccc2nc[nH]c2c1)c1nccc(NC2=NCC(C3CC3)=C2)n1. The van der Waals surface area contributed by atoms with Crippen molar-refractivity contribution in [1.29, 1.82) is 0 Å². The first-order valence-corrected chi connectivity index (χ1v) is 9.23. The molecule has 3 heterocycles. The fourth-order valence-corrected chi connectivity index (χ4v) is 3.38. The molecule has 5 rings (SSSR count). The van der Waals surface area contributed by atoms with Crippen molar-refractivity contribution in [3.8, 4) is 0 Å². The van der Waals surface area contributed by atoms with Crippen molar-refractivity contribution in [3.05, 3.63) is 54.0 Å². The Morgan fingerprint density at radius 3 is 3.04 bits per heavy atom. The van der Waals surface area contributed by atoms with Gasteiger partial charge >= 0.3 is 0 Å². The molecule has 1 aliphatic heterocycles. The number of aromatic amines is 1. The molecular weight excluding hydrogens is 338 g/mol. The van der Waals surface area contributed by atoms with E-state index in [4.69, 9.17) is 0 Å². The summed E-state index contributed by atoms with van der Waals surface area (Å²) in [5.41, 5.74) is 4.63. The van der Waals surface area contributed by atoms with Gasteiger partial charge in [-0.15, -0.1) is 0 Å². The number of imidazole rings is 1. The number of rotatable bonds is 5. The Bertz CT molecular complexity index is 1050. The van der Waals surface area contributed by atoms with Gasteiger partial charge in [0.2, 0.25) is 5.95 Å². The van der Waals surface area contributed by atoms with Gasteiger partial charge in [-0.3, -0.25) is 4.99 Å². The van der Waals surface area contributed by atoms with E-state index in [1.54, 1.807) is 12.5 Å². The van der Waals surface area contributed by atoms with Crippen molar-refractivity contribution in [2.45, 2.75) is 19.4 Å². The third kappa shape index (κ3) is 3.40. The predicted molar refractivity (Wildman–Crippen MR) is 107 cm³/mol. The second-order valence-corrected chi connectivity index (χ2v) is 7.17. The van der Waals surface area contributed by atoms with E-state index in [9.17, 15) is 0 Å². The van der Waals surface area contributed by atoms with Crippen LogP contribution in [0.4, 0.5) is 11.8 Å². The maximum absolute atomic E-state index is 4.64. The molecule has 0 unspecified atom stereocenters. The minimum absolute atomic E-state index is 0.676. The van der Waals surface area contributed by atoms with Crippen LogP contribution in [0.3, 0.4) is 0 Å². The molecule has 2 aliphatic rings. The van der Waals surface area contributed by atoms with Gasteiger partial charge in [0, 0.05) is 19.8 Å². The number of aromatic nitrogens is 4. The zero-order valence-electron chi connectivity index (χ0n) is 15.2. The maximum atomic E-state index is 4.64. The molecule has 0 radical (unpaired) electrons. The highest BCUT2D eigenvalue weighted by atomic mass is 15.2. The van der Waals surface area contributed by atoms with Crippen molar-refractivity contribution in [2.75, 3.05) is 23.8 Å². The molecule has 1 fully saturated rings. The van der Waals surface area contributed by atoms with Crippen LogP contribution in [-0.4, -0.2) is 39.4 Å². The zero-order chi connectivity index (χ0) is 18.2. The molecule has 0 spiro atoms. The lowest BCUT2D eigenvalue weighted by Gasteiger charge is -2.17. The zero-order valence-corrected chi connectivity index (χ0v) is 15.2. The van der Waals surface area contributed by atoms with Crippen molar-refractivity contribution < 1.29 is 0 Å². The van der Waals surface area contributed by atoms with E-state index < -0.39 is 0 Å². The van der Waals surface area contributed by atoms with Crippen molar-refractivity contribution >= 4 is 28.6 Å². The van der Waals surface area contributed by atoms with Crippen LogP contribution < -0.4 is 10.2 Å². The van der Waals surface area contributed by atoms with Crippen LogP contribution in [0.5, 0.6) is 0 Å². The van der Waals surface area contributed by atoms with Crippen LogP contribution in [0.1, 0.15) is 18.4 Å². The second kappa shape index (κ2) is 6.50. The Morgan fingerprint density at radius 2 is 2.15 bits per heavy atom. The third-order valence-corrected chi connectivity index (χ3v) is 5.00. The lowest BCUT2D eigenvalue weighted by Crippen LogP contribution is -2.20. The van der Waals surface area contributed by atoms with Crippen molar-refractivity contribution in [3.63, 3.8) is 0 Å². The molecule has 0 amide bonds. The average molecular weight is 359 g/mol. The highest BCUT2D eigenvalue weighted by Crippen LogP contribution is 2.37. The summed E-state index contributed by atoms with van der Waals surface area (Å²) in [5, 5.41) is 3.32. The predicted octanol–water partition coefficient (Wildman–Crippen LogP) is 3.15. The first-order chi connectivity index (χ1) is 13.2. The molecule has 7 heteroatoms. The summed E-state index contributed by atoms with van der Waals surface area (Å²) >= 11 is 0. The summed E-state index contributed by atoms with van der Waals surface area (Å²) in [6, 6.07) is 8.09.